The van der Waals surface area contributed by atoms with Gasteiger partial charge in [0.05, 0.1) is 10.9 Å². The van der Waals surface area contributed by atoms with Gasteiger partial charge < -0.3 is 5.32 Å². The Labute approximate surface area is 163 Å². The summed E-state index contributed by atoms with van der Waals surface area (Å²) in [6, 6.07) is 24.2. The molecular weight excluding hydrogens is 382 g/mol. The monoisotopic (exact) mass is 399 g/mol. The summed E-state index contributed by atoms with van der Waals surface area (Å²) in [6.45, 7) is 0. The summed E-state index contributed by atoms with van der Waals surface area (Å²) in [5, 5.41) is 3.28. The van der Waals surface area contributed by atoms with E-state index in [1.54, 1.807) is 0 Å². The Kier molecular flexibility index (Phi) is 5.94. The molecule has 0 radical (unpaired) electrons. The molecule has 0 fully saturated rings. The molecule has 0 aromatic heterocycles. The molecule has 0 heterocycles. The zero-order valence-corrected chi connectivity index (χ0v) is 16.0. The van der Waals surface area contributed by atoms with E-state index in [1.807, 2.05) is 60.7 Å². The molecular formula is C21H18ClNO3S. The van der Waals surface area contributed by atoms with E-state index >= 15 is 0 Å². The molecule has 4 nitrogen and oxygen atoms in total. The number of rotatable bonds is 6. The molecule has 0 aliphatic rings. The molecule has 0 saturated heterocycles. The number of halogens is 1. The molecule has 3 aromatic carbocycles. The zero-order valence-electron chi connectivity index (χ0n) is 14.4. The first-order valence-corrected chi connectivity index (χ1v) is 10.4. The van der Waals surface area contributed by atoms with Gasteiger partial charge in [-0.25, -0.2) is 8.42 Å². The van der Waals surface area contributed by atoms with Gasteiger partial charge in [0.1, 0.15) is 5.75 Å². The van der Waals surface area contributed by atoms with Crippen LogP contribution in [0.2, 0.25) is 5.02 Å². The minimum atomic E-state index is -3.76. The van der Waals surface area contributed by atoms with E-state index in [0.717, 1.165) is 11.1 Å². The maximum absolute atomic E-state index is 12.5. The van der Waals surface area contributed by atoms with Gasteiger partial charge in [0.15, 0.2) is 9.84 Å². The summed E-state index contributed by atoms with van der Waals surface area (Å²) in [5.74, 6) is -1.20. The summed E-state index contributed by atoms with van der Waals surface area (Å²) in [5.41, 5.74) is 1.75. The standard InChI is InChI=1S/C21H18ClNO3S/c22-18-11-13-19(14-12-18)27(25,26)15-20(24)23-21(16-7-3-1-4-8-16)17-9-5-2-6-10-17/h1-14,21H,15H2,(H,23,24). The highest BCUT2D eigenvalue weighted by atomic mass is 35.5. The number of hydrogen-bond donors (Lipinski definition) is 1. The van der Waals surface area contributed by atoms with Crippen LogP contribution < -0.4 is 5.32 Å². The van der Waals surface area contributed by atoms with E-state index < -0.39 is 27.5 Å². The Morgan fingerprint density at radius 2 is 1.30 bits per heavy atom. The molecule has 0 aliphatic heterocycles. The number of hydrogen-bond acceptors (Lipinski definition) is 3. The molecule has 0 spiro atoms. The van der Waals surface area contributed by atoms with E-state index in [2.05, 4.69) is 5.32 Å². The fourth-order valence-electron chi connectivity index (χ4n) is 2.75. The zero-order chi connectivity index (χ0) is 19.3. The minimum absolute atomic E-state index is 0.0676. The fourth-order valence-corrected chi connectivity index (χ4v) is 4.02. The number of sulfone groups is 1. The van der Waals surface area contributed by atoms with Crippen LogP contribution in [0.4, 0.5) is 0 Å². The highest BCUT2D eigenvalue weighted by Gasteiger charge is 2.23. The van der Waals surface area contributed by atoms with Gasteiger partial charge in [-0.05, 0) is 35.4 Å². The Hall–Kier alpha value is -2.63. The third kappa shape index (κ3) is 4.96. The predicted molar refractivity (Wildman–Crippen MR) is 106 cm³/mol. The maximum Gasteiger partial charge on any atom is 0.236 e. The lowest BCUT2D eigenvalue weighted by molar-refractivity contribution is -0.119. The van der Waals surface area contributed by atoms with Crippen LogP contribution in [0, 0.1) is 0 Å². The highest BCUT2D eigenvalue weighted by Crippen LogP contribution is 2.22. The van der Waals surface area contributed by atoms with E-state index in [-0.39, 0.29) is 4.90 Å². The highest BCUT2D eigenvalue weighted by molar-refractivity contribution is 7.92. The molecule has 138 valence electrons. The van der Waals surface area contributed by atoms with Crippen molar-refractivity contribution in [3.05, 3.63) is 101 Å². The molecule has 1 amide bonds. The average molecular weight is 400 g/mol. The van der Waals surface area contributed by atoms with Crippen LogP contribution >= 0.6 is 11.6 Å². The van der Waals surface area contributed by atoms with Crippen molar-refractivity contribution in [1.29, 1.82) is 0 Å². The first-order valence-electron chi connectivity index (χ1n) is 8.33. The Bertz CT molecular complexity index is 965. The largest absolute Gasteiger partial charge is 0.344 e. The van der Waals surface area contributed by atoms with Crippen molar-refractivity contribution in [2.45, 2.75) is 10.9 Å². The summed E-state index contributed by atoms with van der Waals surface area (Å²) in [7, 11) is -3.76. The van der Waals surface area contributed by atoms with E-state index in [9.17, 15) is 13.2 Å². The molecule has 0 bridgehead atoms. The van der Waals surface area contributed by atoms with Crippen molar-refractivity contribution >= 4 is 27.3 Å². The predicted octanol–water partition coefficient (Wildman–Crippen LogP) is 4.02. The van der Waals surface area contributed by atoms with Crippen molar-refractivity contribution in [3.63, 3.8) is 0 Å². The average Bonchev–Trinajstić information content (AvgIpc) is 2.67. The lowest BCUT2D eigenvalue weighted by Gasteiger charge is -2.20. The van der Waals surface area contributed by atoms with Gasteiger partial charge in [0.2, 0.25) is 5.91 Å². The van der Waals surface area contributed by atoms with Crippen molar-refractivity contribution in [2.24, 2.45) is 0 Å². The number of carbonyl (C=O) groups is 1. The molecule has 0 saturated carbocycles. The summed E-state index contributed by atoms with van der Waals surface area (Å²) in [6.07, 6.45) is 0. The Balaban J connectivity index is 1.82. The van der Waals surface area contributed by atoms with Crippen molar-refractivity contribution in [3.8, 4) is 0 Å². The second kappa shape index (κ2) is 8.37. The summed E-state index contributed by atoms with van der Waals surface area (Å²) in [4.78, 5) is 12.6. The van der Waals surface area contributed by atoms with Crippen LogP contribution in [0.5, 0.6) is 0 Å². The Morgan fingerprint density at radius 3 is 1.78 bits per heavy atom. The smallest absolute Gasteiger partial charge is 0.236 e. The van der Waals surface area contributed by atoms with Crippen LogP contribution in [0.15, 0.2) is 89.8 Å². The molecule has 3 aromatic rings. The molecule has 6 heteroatoms. The van der Waals surface area contributed by atoms with Crippen LogP contribution in [-0.4, -0.2) is 20.1 Å². The van der Waals surface area contributed by atoms with E-state index in [4.69, 9.17) is 11.6 Å². The van der Waals surface area contributed by atoms with Gasteiger partial charge in [-0.3, -0.25) is 4.79 Å². The van der Waals surface area contributed by atoms with E-state index in [1.165, 1.54) is 24.3 Å². The molecule has 0 unspecified atom stereocenters. The Morgan fingerprint density at radius 1 is 0.815 bits per heavy atom. The number of carbonyl (C=O) groups excluding carboxylic acids is 1. The normalized spacial score (nSPS) is 11.3. The van der Waals surface area contributed by atoms with Gasteiger partial charge in [0, 0.05) is 5.02 Å². The van der Waals surface area contributed by atoms with Crippen LogP contribution in [0.3, 0.4) is 0 Å². The lowest BCUT2D eigenvalue weighted by atomic mass is 9.99. The second-order valence-electron chi connectivity index (χ2n) is 6.03. The molecule has 1 N–H and O–H groups in total. The van der Waals surface area contributed by atoms with Crippen LogP contribution in [-0.2, 0) is 14.6 Å². The lowest BCUT2D eigenvalue weighted by Crippen LogP contribution is -2.34. The quantitative estimate of drug-likeness (QED) is 0.680. The van der Waals surface area contributed by atoms with Crippen LogP contribution in [0.25, 0.3) is 0 Å². The number of nitrogens with one attached hydrogen (secondary N) is 1. The van der Waals surface area contributed by atoms with Crippen molar-refractivity contribution in [2.75, 3.05) is 5.75 Å². The first kappa shape index (κ1) is 19.1. The second-order valence-corrected chi connectivity index (χ2v) is 8.46. The van der Waals surface area contributed by atoms with Crippen molar-refractivity contribution in [1.82, 2.24) is 5.32 Å². The molecule has 3 rings (SSSR count). The summed E-state index contributed by atoms with van der Waals surface area (Å²) < 4.78 is 25.0. The van der Waals surface area contributed by atoms with Gasteiger partial charge >= 0.3 is 0 Å². The summed E-state index contributed by atoms with van der Waals surface area (Å²) >= 11 is 5.80. The number of amides is 1. The van der Waals surface area contributed by atoms with Gasteiger partial charge in [-0.2, -0.15) is 0 Å². The van der Waals surface area contributed by atoms with Gasteiger partial charge in [-0.1, -0.05) is 72.3 Å². The molecule has 27 heavy (non-hydrogen) atoms. The van der Waals surface area contributed by atoms with E-state index in [0.29, 0.717) is 5.02 Å². The van der Waals surface area contributed by atoms with Crippen molar-refractivity contribution < 1.29 is 13.2 Å². The fraction of sp³-hybridized carbons (Fsp3) is 0.0952. The molecule has 0 aliphatic carbocycles. The minimum Gasteiger partial charge on any atom is -0.344 e. The number of benzene rings is 3. The van der Waals surface area contributed by atoms with Gasteiger partial charge in [-0.15, -0.1) is 0 Å². The molecule has 0 atom stereocenters. The van der Waals surface area contributed by atoms with Crippen LogP contribution in [0.1, 0.15) is 17.2 Å². The topological polar surface area (TPSA) is 63.2 Å². The SMILES string of the molecule is O=C(CS(=O)(=O)c1ccc(Cl)cc1)NC(c1ccccc1)c1ccccc1. The third-order valence-electron chi connectivity index (χ3n) is 4.07. The third-order valence-corrected chi connectivity index (χ3v) is 5.95. The first-order chi connectivity index (χ1) is 13.0. The maximum atomic E-state index is 12.5. The van der Waals surface area contributed by atoms with Gasteiger partial charge in [0.25, 0.3) is 0 Å².